The molecule has 0 spiro atoms. The maximum absolute atomic E-state index is 11.9. The number of rotatable bonds is 4. The summed E-state index contributed by atoms with van der Waals surface area (Å²) in [5.41, 5.74) is -0.626. The van der Waals surface area contributed by atoms with Crippen LogP contribution in [0.2, 0.25) is 0 Å². The average molecular weight is 294 g/mol. The van der Waals surface area contributed by atoms with Gasteiger partial charge in [-0.2, -0.15) is 0 Å². The number of aliphatic hydroxyl groups is 1. The minimum absolute atomic E-state index is 0.246. The fourth-order valence-corrected chi connectivity index (χ4v) is 4.58. The number of hydrogen-bond donors (Lipinski definition) is 1. The lowest BCUT2D eigenvalue weighted by Crippen LogP contribution is -2.61. The van der Waals surface area contributed by atoms with Gasteiger partial charge in [-0.15, -0.1) is 0 Å². The van der Waals surface area contributed by atoms with Crippen molar-refractivity contribution >= 4 is 11.9 Å². The molecule has 3 atom stereocenters. The molecule has 5 heteroatoms. The molecule has 0 aliphatic heterocycles. The molecule has 116 valence electrons. The molecule has 21 heavy (non-hydrogen) atoms. The van der Waals surface area contributed by atoms with Crippen LogP contribution in [0.5, 0.6) is 0 Å². The van der Waals surface area contributed by atoms with Crippen LogP contribution in [0.1, 0.15) is 39.0 Å². The van der Waals surface area contributed by atoms with Gasteiger partial charge in [0.05, 0.1) is 0 Å². The first kappa shape index (κ1) is 14.6. The first-order valence-corrected chi connectivity index (χ1v) is 7.62. The van der Waals surface area contributed by atoms with Crippen molar-refractivity contribution in [3.8, 4) is 0 Å². The number of ether oxygens (including phenoxy) is 2. The van der Waals surface area contributed by atoms with Crippen LogP contribution in [-0.4, -0.2) is 35.4 Å². The standard InChI is InChI=1S/C16H22O5/c1-9(2)15(18)20-8-13(17)21-14-12-4-10-3-11(5-12)7-16(14,19)6-10/h10-12,14,19H,1,3-8H2,2H3. The Morgan fingerprint density at radius 3 is 2.38 bits per heavy atom. The highest BCUT2D eigenvalue weighted by Crippen LogP contribution is 2.56. The topological polar surface area (TPSA) is 72.8 Å². The Kier molecular flexibility index (Phi) is 3.56. The molecule has 3 unspecified atom stereocenters. The first-order valence-electron chi connectivity index (χ1n) is 7.62. The van der Waals surface area contributed by atoms with Crippen LogP contribution < -0.4 is 0 Å². The van der Waals surface area contributed by atoms with E-state index in [1.54, 1.807) is 0 Å². The van der Waals surface area contributed by atoms with E-state index in [9.17, 15) is 14.7 Å². The van der Waals surface area contributed by atoms with Gasteiger partial charge in [0, 0.05) is 5.57 Å². The summed E-state index contributed by atoms with van der Waals surface area (Å²) in [5, 5.41) is 10.8. The van der Waals surface area contributed by atoms with Gasteiger partial charge in [-0.1, -0.05) is 6.58 Å². The highest BCUT2D eigenvalue weighted by molar-refractivity contribution is 5.88. The fraction of sp³-hybridized carbons (Fsp3) is 0.750. The van der Waals surface area contributed by atoms with Gasteiger partial charge in [0.25, 0.3) is 0 Å². The monoisotopic (exact) mass is 294 g/mol. The molecule has 0 aromatic rings. The van der Waals surface area contributed by atoms with Gasteiger partial charge in [-0.05, 0) is 56.8 Å². The third-order valence-electron chi connectivity index (χ3n) is 5.11. The molecule has 0 heterocycles. The maximum atomic E-state index is 11.9. The summed E-state index contributed by atoms with van der Waals surface area (Å²) in [6, 6.07) is 0. The summed E-state index contributed by atoms with van der Waals surface area (Å²) in [4.78, 5) is 23.1. The lowest BCUT2D eigenvalue weighted by molar-refractivity contribution is -0.224. The van der Waals surface area contributed by atoms with Crippen molar-refractivity contribution in [1.29, 1.82) is 0 Å². The molecule has 4 fully saturated rings. The van der Waals surface area contributed by atoms with E-state index in [2.05, 4.69) is 6.58 Å². The number of esters is 2. The van der Waals surface area contributed by atoms with Crippen molar-refractivity contribution in [3.63, 3.8) is 0 Å². The van der Waals surface area contributed by atoms with Crippen LogP contribution >= 0.6 is 0 Å². The Labute approximate surface area is 124 Å². The first-order chi connectivity index (χ1) is 9.87. The van der Waals surface area contributed by atoms with Gasteiger partial charge in [0.1, 0.15) is 11.7 Å². The molecule has 0 amide bonds. The van der Waals surface area contributed by atoms with Crippen molar-refractivity contribution < 1.29 is 24.2 Å². The fourth-order valence-electron chi connectivity index (χ4n) is 4.58. The molecule has 1 N–H and O–H groups in total. The Bertz CT molecular complexity index is 469. The lowest BCUT2D eigenvalue weighted by atomic mass is 9.53. The third kappa shape index (κ3) is 2.71. The summed E-state index contributed by atoms with van der Waals surface area (Å²) in [6.07, 6.45) is 4.27. The normalized spacial score (nSPS) is 39.9. The molecule has 4 aliphatic carbocycles. The van der Waals surface area contributed by atoms with Crippen LogP contribution in [-0.2, 0) is 19.1 Å². The van der Waals surface area contributed by atoms with Gasteiger partial charge >= 0.3 is 11.9 Å². The second-order valence-electron chi connectivity index (χ2n) is 6.98. The van der Waals surface area contributed by atoms with Crippen LogP contribution in [0.15, 0.2) is 12.2 Å². The summed E-state index contributed by atoms with van der Waals surface area (Å²) >= 11 is 0. The van der Waals surface area contributed by atoms with E-state index < -0.39 is 30.3 Å². The second-order valence-corrected chi connectivity index (χ2v) is 6.98. The highest BCUT2D eigenvalue weighted by Gasteiger charge is 2.58. The Morgan fingerprint density at radius 2 is 1.86 bits per heavy atom. The van der Waals surface area contributed by atoms with Gasteiger partial charge in [-0.25, -0.2) is 9.59 Å². The zero-order valence-electron chi connectivity index (χ0n) is 12.3. The summed E-state index contributed by atoms with van der Waals surface area (Å²) in [5.74, 6) is 0.209. The molecule has 4 bridgehead atoms. The maximum Gasteiger partial charge on any atom is 0.344 e. The molecule has 0 aromatic heterocycles. The molecule has 0 saturated heterocycles. The van der Waals surface area contributed by atoms with Crippen molar-refractivity contribution in [2.75, 3.05) is 6.61 Å². The minimum atomic E-state index is -0.872. The largest absolute Gasteiger partial charge is 0.456 e. The van der Waals surface area contributed by atoms with Crippen LogP contribution in [0.4, 0.5) is 0 Å². The van der Waals surface area contributed by atoms with E-state index in [0.29, 0.717) is 11.8 Å². The molecule has 4 rings (SSSR count). The number of carbonyl (C=O) groups is 2. The quantitative estimate of drug-likeness (QED) is 0.629. The van der Waals surface area contributed by atoms with Crippen LogP contribution in [0.3, 0.4) is 0 Å². The van der Waals surface area contributed by atoms with E-state index in [0.717, 1.165) is 25.7 Å². The van der Waals surface area contributed by atoms with E-state index in [1.807, 2.05) is 0 Å². The molecule has 4 saturated carbocycles. The SMILES string of the molecule is C=C(C)C(=O)OCC(=O)OC1C2CC3CC(C2)CC1(O)C3. The predicted octanol–water partition coefficient (Wildman–Crippen LogP) is 1.59. The van der Waals surface area contributed by atoms with E-state index in [-0.39, 0.29) is 11.5 Å². The smallest absolute Gasteiger partial charge is 0.344 e. The van der Waals surface area contributed by atoms with Crippen molar-refractivity contribution in [2.24, 2.45) is 17.8 Å². The minimum Gasteiger partial charge on any atom is -0.456 e. The lowest BCUT2D eigenvalue weighted by Gasteiger charge is -2.57. The van der Waals surface area contributed by atoms with Gasteiger partial charge in [0.2, 0.25) is 0 Å². The Morgan fingerprint density at radius 1 is 1.24 bits per heavy atom. The second kappa shape index (κ2) is 5.13. The zero-order chi connectivity index (χ0) is 15.2. The van der Waals surface area contributed by atoms with E-state index in [4.69, 9.17) is 9.47 Å². The summed E-state index contributed by atoms with van der Waals surface area (Å²) < 4.78 is 10.3. The van der Waals surface area contributed by atoms with Gasteiger partial charge in [-0.3, -0.25) is 0 Å². The molecule has 5 nitrogen and oxygen atoms in total. The van der Waals surface area contributed by atoms with Crippen molar-refractivity contribution in [3.05, 3.63) is 12.2 Å². The van der Waals surface area contributed by atoms with Crippen molar-refractivity contribution in [1.82, 2.24) is 0 Å². The van der Waals surface area contributed by atoms with E-state index >= 15 is 0 Å². The molecule has 4 aliphatic rings. The predicted molar refractivity (Wildman–Crippen MR) is 74.2 cm³/mol. The van der Waals surface area contributed by atoms with Crippen LogP contribution in [0.25, 0.3) is 0 Å². The Balaban J connectivity index is 1.58. The number of hydrogen-bond acceptors (Lipinski definition) is 5. The zero-order valence-corrected chi connectivity index (χ0v) is 12.3. The number of carbonyl (C=O) groups excluding carboxylic acids is 2. The van der Waals surface area contributed by atoms with Gasteiger partial charge < -0.3 is 14.6 Å². The molecular weight excluding hydrogens is 272 g/mol. The summed E-state index contributed by atoms with van der Waals surface area (Å²) in [6.45, 7) is 4.56. The molecular formula is C16H22O5. The van der Waals surface area contributed by atoms with Gasteiger partial charge in [0.15, 0.2) is 6.61 Å². The van der Waals surface area contributed by atoms with Crippen molar-refractivity contribution in [2.45, 2.75) is 50.7 Å². The molecule has 0 radical (unpaired) electrons. The van der Waals surface area contributed by atoms with Crippen LogP contribution in [0, 0.1) is 17.8 Å². The highest BCUT2D eigenvalue weighted by atomic mass is 16.6. The van der Waals surface area contributed by atoms with E-state index in [1.165, 1.54) is 13.3 Å². The Hall–Kier alpha value is -1.36. The average Bonchev–Trinajstić information content (AvgIpc) is 2.38. The molecule has 0 aromatic carbocycles. The summed E-state index contributed by atoms with van der Waals surface area (Å²) in [7, 11) is 0. The third-order valence-corrected chi connectivity index (χ3v) is 5.11.